The van der Waals surface area contributed by atoms with Crippen LogP contribution in [0.2, 0.25) is 0 Å². The molecule has 0 aliphatic carbocycles. The van der Waals surface area contributed by atoms with Gasteiger partial charge < -0.3 is 5.32 Å². The fourth-order valence-electron chi connectivity index (χ4n) is 1.79. The van der Waals surface area contributed by atoms with Crippen molar-refractivity contribution in [2.75, 3.05) is 12.0 Å². The maximum atomic E-state index is 13.5. The van der Waals surface area contributed by atoms with Crippen LogP contribution in [0.25, 0.3) is 0 Å². The summed E-state index contributed by atoms with van der Waals surface area (Å²) in [5.41, 5.74) is 0.319. The molecular formula is C13H19F2NOS. The quantitative estimate of drug-likeness (QED) is 0.865. The van der Waals surface area contributed by atoms with Crippen LogP contribution in [0.5, 0.6) is 0 Å². The molecule has 3 unspecified atom stereocenters. The van der Waals surface area contributed by atoms with Crippen LogP contribution < -0.4 is 5.32 Å². The molecule has 1 N–H and O–H groups in total. The minimum Gasteiger partial charge on any atom is -0.308 e. The van der Waals surface area contributed by atoms with Crippen molar-refractivity contribution in [3.05, 3.63) is 35.4 Å². The fourth-order valence-corrected chi connectivity index (χ4v) is 2.47. The Morgan fingerprint density at radius 3 is 2.61 bits per heavy atom. The zero-order valence-electron chi connectivity index (χ0n) is 10.9. The average Bonchev–Trinajstić information content (AvgIpc) is 2.29. The van der Waals surface area contributed by atoms with Crippen LogP contribution in [0.4, 0.5) is 8.78 Å². The predicted molar refractivity (Wildman–Crippen MR) is 70.9 cm³/mol. The highest BCUT2D eigenvalue weighted by atomic mass is 32.2. The number of hydrogen-bond acceptors (Lipinski definition) is 2. The van der Waals surface area contributed by atoms with Crippen LogP contribution in [0.15, 0.2) is 18.2 Å². The largest absolute Gasteiger partial charge is 0.308 e. The molecule has 1 rings (SSSR count). The summed E-state index contributed by atoms with van der Waals surface area (Å²) in [6.45, 7) is 3.73. The van der Waals surface area contributed by atoms with E-state index in [-0.39, 0.29) is 12.1 Å². The van der Waals surface area contributed by atoms with Crippen molar-refractivity contribution in [3.63, 3.8) is 0 Å². The van der Waals surface area contributed by atoms with Gasteiger partial charge >= 0.3 is 0 Å². The molecule has 1 aromatic rings. The van der Waals surface area contributed by atoms with Crippen LogP contribution in [0, 0.1) is 11.6 Å². The van der Waals surface area contributed by atoms with Crippen LogP contribution in [-0.4, -0.2) is 22.3 Å². The van der Waals surface area contributed by atoms with E-state index in [9.17, 15) is 13.0 Å². The van der Waals surface area contributed by atoms with E-state index in [0.717, 1.165) is 18.6 Å². The molecule has 102 valence electrons. The molecule has 0 saturated carbocycles. The van der Waals surface area contributed by atoms with Gasteiger partial charge in [-0.3, -0.25) is 4.21 Å². The van der Waals surface area contributed by atoms with E-state index in [4.69, 9.17) is 0 Å². The van der Waals surface area contributed by atoms with Gasteiger partial charge in [-0.25, -0.2) is 8.78 Å². The first-order valence-electron chi connectivity index (χ1n) is 5.91. The maximum Gasteiger partial charge on any atom is 0.128 e. The van der Waals surface area contributed by atoms with Gasteiger partial charge in [-0.15, -0.1) is 0 Å². The summed E-state index contributed by atoms with van der Waals surface area (Å²) in [5.74, 6) is -0.253. The first-order valence-corrected chi connectivity index (χ1v) is 7.64. The van der Waals surface area contributed by atoms with Gasteiger partial charge in [0.25, 0.3) is 0 Å². The summed E-state index contributed by atoms with van der Waals surface area (Å²) in [6.07, 6.45) is 2.40. The maximum absolute atomic E-state index is 13.5. The second-order valence-corrected chi connectivity index (χ2v) is 6.08. The number of rotatable bonds is 6. The predicted octanol–water partition coefficient (Wildman–Crippen LogP) is 2.77. The molecule has 0 fully saturated rings. The van der Waals surface area contributed by atoms with Crippen LogP contribution in [-0.2, 0) is 10.8 Å². The lowest BCUT2D eigenvalue weighted by molar-refractivity contribution is 0.452. The number of hydrogen-bond donors (Lipinski definition) is 1. The van der Waals surface area contributed by atoms with Gasteiger partial charge in [-0.2, -0.15) is 0 Å². The van der Waals surface area contributed by atoms with Crippen LogP contribution >= 0.6 is 0 Å². The first kappa shape index (κ1) is 15.2. The molecule has 5 heteroatoms. The number of nitrogens with one attached hydrogen (secondary N) is 1. The molecule has 0 heterocycles. The van der Waals surface area contributed by atoms with Crippen molar-refractivity contribution in [3.8, 4) is 0 Å². The summed E-state index contributed by atoms with van der Waals surface area (Å²) < 4.78 is 37.6. The van der Waals surface area contributed by atoms with Gasteiger partial charge in [-0.1, -0.05) is 0 Å². The fraction of sp³-hybridized carbons (Fsp3) is 0.538. The second kappa shape index (κ2) is 6.95. The summed E-state index contributed by atoms with van der Waals surface area (Å²) in [7, 11) is -0.828. The highest BCUT2D eigenvalue weighted by Crippen LogP contribution is 2.18. The summed E-state index contributed by atoms with van der Waals surface area (Å²) in [5, 5.41) is 3.18. The Balaban J connectivity index is 2.61. The normalized spacial score (nSPS) is 16.3. The molecule has 0 bridgehead atoms. The van der Waals surface area contributed by atoms with E-state index < -0.39 is 22.4 Å². The van der Waals surface area contributed by atoms with E-state index in [1.54, 1.807) is 13.2 Å². The van der Waals surface area contributed by atoms with Gasteiger partial charge in [0.05, 0.1) is 0 Å². The zero-order chi connectivity index (χ0) is 13.7. The van der Waals surface area contributed by atoms with Crippen molar-refractivity contribution in [2.45, 2.75) is 32.4 Å². The third kappa shape index (κ3) is 4.82. The topological polar surface area (TPSA) is 29.1 Å². The van der Waals surface area contributed by atoms with Crippen molar-refractivity contribution in [1.29, 1.82) is 0 Å². The number of halogens is 2. The van der Waals surface area contributed by atoms with E-state index in [1.807, 2.05) is 6.92 Å². The van der Waals surface area contributed by atoms with E-state index >= 15 is 0 Å². The Morgan fingerprint density at radius 2 is 2.00 bits per heavy atom. The summed E-state index contributed by atoms with van der Waals surface area (Å²) in [6, 6.07) is 3.27. The zero-order valence-corrected chi connectivity index (χ0v) is 11.7. The molecule has 18 heavy (non-hydrogen) atoms. The molecular weight excluding hydrogens is 256 g/mol. The Morgan fingerprint density at radius 1 is 1.33 bits per heavy atom. The van der Waals surface area contributed by atoms with Crippen molar-refractivity contribution < 1.29 is 13.0 Å². The minimum absolute atomic E-state index is 0.103. The SMILES string of the molecule is CC(CCS(C)=O)NC(C)c1cc(F)ccc1F. The van der Waals surface area contributed by atoms with Gasteiger partial charge in [0.2, 0.25) is 0 Å². The molecule has 1 aromatic carbocycles. The molecule has 0 saturated heterocycles. The van der Waals surface area contributed by atoms with Gasteiger partial charge in [0, 0.05) is 40.5 Å². The lowest BCUT2D eigenvalue weighted by atomic mass is 10.1. The smallest absolute Gasteiger partial charge is 0.128 e. The van der Waals surface area contributed by atoms with Gasteiger partial charge in [0.15, 0.2) is 0 Å². The summed E-state index contributed by atoms with van der Waals surface area (Å²) >= 11 is 0. The number of benzene rings is 1. The van der Waals surface area contributed by atoms with E-state index in [0.29, 0.717) is 11.3 Å². The highest BCUT2D eigenvalue weighted by molar-refractivity contribution is 7.84. The third-order valence-corrected chi connectivity index (χ3v) is 3.61. The highest BCUT2D eigenvalue weighted by Gasteiger charge is 2.14. The van der Waals surface area contributed by atoms with E-state index in [1.165, 1.54) is 6.07 Å². The molecule has 0 aliphatic rings. The Hall–Kier alpha value is -0.810. The molecule has 0 amide bonds. The van der Waals surface area contributed by atoms with E-state index in [2.05, 4.69) is 5.32 Å². The van der Waals surface area contributed by atoms with Gasteiger partial charge in [-0.05, 0) is 38.5 Å². The molecule has 2 nitrogen and oxygen atoms in total. The van der Waals surface area contributed by atoms with Crippen LogP contribution in [0.3, 0.4) is 0 Å². The first-order chi connectivity index (χ1) is 8.40. The van der Waals surface area contributed by atoms with Crippen molar-refractivity contribution >= 4 is 10.8 Å². The molecule has 0 spiro atoms. The van der Waals surface area contributed by atoms with Crippen molar-refractivity contribution in [2.24, 2.45) is 0 Å². The molecule has 0 aliphatic heterocycles. The third-order valence-electron chi connectivity index (χ3n) is 2.80. The van der Waals surface area contributed by atoms with Crippen LogP contribution in [0.1, 0.15) is 31.9 Å². The van der Waals surface area contributed by atoms with Gasteiger partial charge in [0.1, 0.15) is 11.6 Å². The standard InChI is InChI=1S/C13H19F2NOS/c1-9(6-7-18(3)17)16-10(2)12-8-11(14)4-5-13(12)15/h4-5,8-10,16H,6-7H2,1-3H3. The Labute approximate surface area is 109 Å². The Bertz CT molecular complexity index is 425. The molecule has 0 aromatic heterocycles. The average molecular weight is 275 g/mol. The second-order valence-electron chi connectivity index (χ2n) is 4.52. The summed E-state index contributed by atoms with van der Waals surface area (Å²) in [4.78, 5) is 0. The van der Waals surface area contributed by atoms with Crippen molar-refractivity contribution in [1.82, 2.24) is 5.32 Å². The monoisotopic (exact) mass is 275 g/mol. The molecule has 0 radical (unpaired) electrons. The lowest BCUT2D eigenvalue weighted by Crippen LogP contribution is -2.30. The lowest BCUT2D eigenvalue weighted by Gasteiger charge is -2.20. The minimum atomic E-state index is -0.828. The molecule has 3 atom stereocenters. The Kier molecular flexibility index (Phi) is 5.88.